The third-order valence-electron chi connectivity index (χ3n) is 5.67. The summed E-state index contributed by atoms with van der Waals surface area (Å²) >= 11 is 0. The molecule has 2 aromatic carbocycles. The second-order valence-electron chi connectivity index (χ2n) is 7.26. The van der Waals surface area contributed by atoms with E-state index in [-0.39, 0.29) is 4.90 Å². The van der Waals surface area contributed by atoms with Gasteiger partial charge < -0.3 is 10.0 Å². The minimum Gasteiger partial charge on any atom is -0.387 e. The van der Waals surface area contributed by atoms with Crippen LogP contribution >= 0.6 is 0 Å². The van der Waals surface area contributed by atoms with Crippen molar-refractivity contribution < 1.29 is 13.5 Å². The molecule has 0 aromatic heterocycles. The summed E-state index contributed by atoms with van der Waals surface area (Å²) in [6, 6.07) is 12.6. The lowest BCUT2D eigenvalue weighted by atomic mass is 9.93. The SMILES string of the molecule is CN1CCCc2cc(C[C@H]3[C@@H](O)c4ccccc4S(=O)(=O)N3C)ccc21. The molecule has 0 saturated heterocycles. The number of rotatable bonds is 2. The van der Waals surface area contributed by atoms with Crippen molar-refractivity contribution in [2.75, 3.05) is 25.5 Å². The second-order valence-corrected chi connectivity index (χ2v) is 9.23. The zero-order chi connectivity index (χ0) is 18.5. The van der Waals surface area contributed by atoms with Crippen molar-refractivity contribution >= 4 is 15.7 Å². The van der Waals surface area contributed by atoms with Crippen molar-refractivity contribution in [2.24, 2.45) is 0 Å². The van der Waals surface area contributed by atoms with Gasteiger partial charge in [0, 0.05) is 31.9 Å². The number of hydrogen-bond acceptors (Lipinski definition) is 4. The van der Waals surface area contributed by atoms with E-state index in [1.807, 2.05) is 6.07 Å². The van der Waals surface area contributed by atoms with E-state index in [0.717, 1.165) is 24.9 Å². The van der Waals surface area contributed by atoms with E-state index in [1.165, 1.54) is 15.6 Å². The van der Waals surface area contributed by atoms with Crippen LogP contribution in [0.2, 0.25) is 0 Å². The van der Waals surface area contributed by atoms with Crippen molar-refractivity contribution in [3.63, 3.8) is 0 Å². The van der Waals surface area contributed by atoms with Crippen LogP contribution < -0.4 is 4.90 Å². The third-order valence-corrected chi connectivity index (χ3v) is 7.62. The van der Waals surface area contributed by atoms with Gasteiger partial charge in [0.05, 0.1) is 17.0 Å². The lowest BCUT2D eigenvalue weighted by Crippen LogP contribution is -2.46. The Morgan fingerprint density at radius 2 is 1.92 bits per heavy atom. The number of hydrogen-bond donors (Lipinski definition) is 1. The van der Waals surface area contributed by atoms with Gasteiger partial charge in [0.25, 0.3) is 0 Å². The van der Waals surface area contributed by atoms with Crippen LogP contribution in [-0.2, 0) is 22.9 Å². The summed E-state index contributed by atoms with van der Waals surface area (Å²) in [5.74, 6) is 0. The van der Waals surface area contributed by atoms with E-state index in [1.54, 1.807) is 31.3 Å². The molecule has 0 bridgehead atoms. The Bertz CT molecular complexity index is 942. The molecule has 1 N–H and O–H groups in total. The molecule has 4 rings (SSSR count). The van der Waals surface area contributed by atoms with Crippen molar-refractivity contribution in [1.82, 2.24) is 4.31 Å². The molecule has 0 amide bonds. The number of benzene rings is 2. The van der Waals surface area contributed by atoms with Crippen molar-refractivity contribution in [2.45, 2.75) is 36.3 Å². The van der Waals surface area contributed by atoms with Crippen molar-refractivity contribution in [1.29, 1.82) is 0 Å². The van der Waals surface area contributed by atoms with Crippen LogP contribution in [0, 0.1) is 0 Å². The first kappa shape index (κ1) is 17.5. The Kier molecular flexibility index (Phi) is 4.29. The van der Waals surface area contributed by atoms with Crippen LogP contribution in [0.1, 0.15) is 29.2 Å². The fourth-order valence-electron chi connectivity index (χ4n) is 4.15. The molecule has 2 heterocycles. The molecular weight excluding hydrogens is 348 g/mol. The first-order valence-corrected chi connectivity index (χ1v) is 10.4. The molecule has 0 saturated carbocycles. The maximum absolute atomic E-state index is 12.8. The smallest absolute Gasteiger partial charge is 0.243 e. The van der Waals surface area contributed by atoms with Gasteiger partial charge in [-0.15, -0.1) is 0 Å². The molecule has 2 atom stereocenters. The quantitative estimate of drug-likeness (QED) is 0.879. The van der Waals surface area contributed by atoms with Crippen LogP contribution in [-0.4, -0.2) is 44.5 Å². The van der Waals surface area contributed by atoms with Crippen LogP contribution in [0.15, 0.2) is 47.4 Å². The topological polar surface area (TPSA) is 60.9 Å². The Hall–Kier alpha value is -1.89. The number of aliphatic hydroxyl groups excluding tert-OH is 1. The van der Waals surface area contributed by atoms with Gasteiger partial charge in [-0.25, -0.2) is 8.42 Å². The summed E-state index contributed by atoms with van der Waals surface area (Å²) in [5.41, 5.74) is 4.10. The fraction of sp³-hybridized carbons (Fsp3) is 0.400. The molecule has 138 valence electrons. The number of fused-ring (bicyclic) bond motifs is 2. The molecule has 2 aliphatic rings. The average Bonchev–Trinajstić information content (AvgIpc) is 2.64. The number of nitrogens with zero attached hydrogens (tertiary/aromatic N) is 2. The molecule has 2 aromatic rings. The number of sulfonamides is 1. The van der Waals surface area contributed by atoms with Gasteiger partial charge in [-0.05, 0) is 42.5 Å². The zero-order valence-corrected chi connectivity index (χ0v) is 15.9. The van der Waals surface area contributed by atoms with Crippen molar-refractivity contribution in [3.8, 4) is 0 Å². The minimum absolute atomic E-state index is 0.207. The molecule has 0 unspecified atom stereocenters. The maximum atomic E-state index is 12.8. The summed E-state index contributed by atoms with van der Waals surface area (Å²) in [7, 11) is 0.0740. The molecule has 0 aliphatic carbocycles. The first-order chi connectivity index (χ1) is 12.4. The molecular formula is C20H24N2O3S. The van der Waals surface area contributed by atoms with Gasteiger partial charge in [0.2, 0.25) is 10.0 Å². The van der Waals surface area contributed by atoms with Crippen LogP contribution in [0.4, 0.5) is 5.69 Å². The van der Waals surface area contributed by atoms with Gasteiger partial charge in [0.1, 0.15) is 0 Å². The average molecular weight is 372 g/mol. The Balaban J connectivity index is 1.69. The number of anilines is 1. The molecule has 26 heavy (non-hydrogen) atoms. The highest BCUT2D eigenvalue weighted by Crippen LogP contribution is 2.37. The lowest BCUT2D eigenvalue weighted by Gasteiger charge is -2.37. The number of aryl methyl sites for hydroxylation is 1. The minimum atomic E-state index is -3.58. The summed E-state index contributed by atoms with van der Waals surface area (Å²) in [5, 5.41) is 10.9. The van der Waals surface area contributed by atoms with Gasteiger partial charge in [-0.1, -0.05) is 30.3 Å². The predicted octanol–water partition coefficient (Wildman–Crippen LogP) is 2.35. The Morgan fingerprint density at radius 3 is 2.73 bits per heavy atom. The predicted molar refractivity (Wildman–Crippen MR) is 102 cm³/mol. The van der Waals surface area contributed by atoms with Gasteiger partial charge in [-0.2, -0.15) is 4.31 Å². The highest BCUT2D eigenvalue weighted by Gasteiger charge is 2.41. The number of likely N-dealkylation sites (N-methyl/N-ethyl adjacent to an activating group) is 1. The fourth-order valence-corrected chi connectivity index (χ4v) is 5.74. The third kappa shape index (κ3) is 2.73. The summed E-state index contributed by atoms with van der Waals surface area (Å²) < 4.78 is 27.0. The summed E-state index contributed by atoms with van der Waals surface area (Å²) in [4.78, 5) is 2.46. The molecule has 5 nitrogen and oxygen atoms in total. The Morgan fingerprint density at radius 1 is 1.15 bits per heavy atom. The number of aliphatic hydroxyl groups is 1. The summed E-state index contributed by atoms with van der Waals surface area (Å²) in [6.07, 6.45) is 1.82. The molecule has 0 radical (unpaired) electrons. The standard InChI is InChI=1S/C20H24N2O3S/c1-21-11-5-6-15-12-14(9-10-17(15)21)13-18-20(23)16-7-3-4-8-19(16)26(24,25)22(18)2/h3-4,7-10,12,18,20,23H,5-6,11,13H2,1-2H3/t18-,20-/m0/s1. The Labute approximate surface area is 154 Å². The van der Waals surface area contributed by atoms with Crippen LogP contribution in [0.3, 0.4) is 0 Å². The van der Waals surface area contributed by atoms with Gasteiger partial charge >= 0.3 is 0 Å². The largest absolute Gasteiger partial charge is 0.387 e. The normalized spacial score (nSPS) is 24.8. The van der Waals surface area contributed by atoms with E-state index < -0.39 is 22.2 Å². The van der Waals surface area contributed by atoms with Crippen LogP contribution in [0.5, 0.6) is 0 Å². The zero-order valence-electron chi connectivity index (χ0n) is 15.1. The highest BCUT2D eigenvalue weighted by molar-refractivity contribution is 7.89. The maximum Gasteiger partial charge on any atom is 0.243 e. The molecule has 6 heteroatoms. The molecule has 0 fully saturated rings. The van der Waals surface area contributed by atoms with Crippen molar-refractivity contribution in [3.05, 3.63) is 59.2 Å². The van der Waals surface area contributed by atoms with E-state index in [4.69, 9.17) is 0 Å². The molecule has 0 spiro atoms. The second kappa shape index (κ2) is 6.37. The summed E-state index contributed by atoms with van der Waals surface area (Å²) in [6.45, 7) is 1.06. The monoisotopic (exact) mass is 372 g/mol. The van der Waals surface area contributed by atoms with Gasteiger partial charge in [0.15, 0.2) is 0 Å². The highest BCUT2D eigenvalue weighted by atomic mass is 32.2. The first-order valence-electron chi connectivity index (χ1n) is 8.97. The lowest BCUT2D eigenvalue weighted by molar-refractivity contribution is 0.0892. The van der Waals surface area contributed by atoms with Crippen LogP contribution in [0.25, 0.3) is 0 Å². The van der Waals surface area contributed by atoms with E-state index in [2.05, 4.69) is 24.1 Å². The molecule has 2 aliphatic heterocycles. The van der Waals surface area contributed by atoms with E-state index >= 15 is 0 Å². The van der Waals surface area contributed by atoms with E-state index in [0.29, 0.717) is 12.0 Å². The van der Waals surface area contributed by atoms with Gasteiger partial charge in [-0.3, -0.25) is 0 Å². The van der Waals surface area contributed by atoms with E-state index in [9.17, 15) is 13.5 Å².